The predicted octanol–water partition coefficient (Wildman–Crippen LogP) is 3.63. The fraction of sp³-hybridized carbons (Fsp3) is 0.316. The number of alkyl halides is 3. The lowest BCUT2D eigenvalue weighted by Crippen LogP contribution is -2.34. The lowest BCUT2D eigenvalue weighted by molar-refractivity contribution is -0.138. The van der Waals surface area contributed by atoms with Crippen LogP contribution in [0.3, 0.4) is 0 Å². The van der Waals surface area contributed by atoms with Gasteiger partial charge in [-0.25, -0.2) is 0 Å². The van der Waals surface area contributed by atoms with E-state index in [1.807, 2.05) is 30.3 Å². The van der Waals surface area contributed by atoms with E-state index in [0.29, 0.717) is 26.1 Å². The molecule has 0 saturated carbocycles. The zero-order chi connectivity index (χ0) is 18.3. The van der Waals surface area contributed by atoms with Crippen molar-refractivity contribution in [1.82, 2.24) is 4.90 Å². The van der Waals surface area contributed by atoms with Gasteiger partial charge >= 0.3 is 6.18 Å². The SMILES string of the molecule is NCCCN(Cc1ccccc1)C(=O)Cc1ccccc1C(F)(F)F. The summed E-state index contributed by atoms with van der Waals surface area (Å²) in [6.07, 6.45) is -4.16. The molecule has 1 amide bonds. The molecule has 0 bridgehead atoms. The normalized spacial score (nSPS) is 11.4. The zero-order valence-corrected chi connectivity index (χ0v) is 13.8. The molecule has 25 heavy (non-hydrogen) atoms. The third-order valence-electron chi connectivity index (χ3n) is 3.87. The summed E-state index contributed by atoms with van der Waals surface area (Å²) >= 11 is 0. The van der Waals surface area contributed by atoms with Gasteiger partial charge in [0.2, 0.25) is 5.91 Å². The maximum Gasteiger partial charge on any atom is 0.416 e. The Morgan fingerprint density at radius 1 is 1.00 bits per heavy atom. The van der Waals surface area contributed by atoms with E-state index in [0.717, 1.165) is 11.6 Å². The van der Waals surface area contributed by atoms with Crippen LogP contribution in [-0.4, -0.2) is 23.9 Å². The summed E-state index contributed by atoms with van der Waals surface area (Å²) in [4.78, 5) is 14.2. The molecular formula is C19H21F3N2O. The third kappa shape index (κ3) is 5.60. The number of amides is 1. The smallest absolute Gasteiger partial charge is 0.338 e. The van der Waals surface area contributed by atoms with Gasteiger partial charge in [0.15, 0.2) is 0 Å². The van der Waals surface area contributed by atoms with E-state index in [1.54, 1.807) is 4.90 Å². The first-order valence-electron chi connectivity index (χ1n) is 8.08. The number of carbonyl (C=O) groups is 1. The zero-order valence-electron chi connectivity index (χ0n) is 13.8. The van der Waals surface area contributed by atoms with Crippen molar-refractivity contribution in [2.75, 3.05) is 13.1 Å². The van der Waals surface area contributed by atoms with Gasteiger partial charge in [-0.05, 0) is 30.2 Å². The van der Waals surface area contributed by atoms with Crippen molar-refractivity contribution in [3.8, 4) is 0 Å². The lowest BCUT2D eigenvalue weighted by atomic mass is 10.0. The molecule has 0 atom stereocenters. The molecule has 2 aromatic rings. The average Bonchev–Trinajstić information content (AvgIpc) is 2.59. The van der Waals surface area contributed by atoms with Crippen molar-refractivity contribution in [2.24, 2.45) is 5.73 Å². The summed E-state index contributed by atoms with van der Waals surface area (Å²) < 4.78 is 39.3. The van der Waals surface area contributed by atoms with Crippen LogP contribution in [0.5, 0.6) is 0 Å². The minimum absolute atomic E-state index is 0.00851. The van der Waals surface area contributed by atoms with Crippen molar-refractivity contribution in [1.29, 1.82) is 0 Å². The summed E-state index contributed by atoms with van der Waals surface area (Å²) in [6, 6.07) is 14.5. The molecule has 2 aromatic carbocycles. The van der Waals surface area contributed by atoms with Crippen LogP contribution in [-0.2, 0) is 23.9 Å². The Bertz CT molecular complexity index is 687. The van der Waals surface area contributed by atoms with Crippen LogP contribution in [0, 0.1) is 0 Å². The Morgan fingerprint density at radius 2 is 1.64 bits per heavy atom. The second kappa shape index (κ2) is 8.67. The van der Waals surface area contributed by atoms with Gasteiger partial charge in [-0.1, -0.05) is 48.5 Å². The summed E-state index contributed by atoms with van der Waals surface area (Å²) in [5.41, 5.74) is 5.67. The van der Waals surface area contributed by atoms with Gasteiger partial charge in [0.25, 0.3) is 0 Å². The number of hydrogen-bond acceptors (Lipinski definition) is 2. The highest BCUT2D eigenvalue weighted by Crippen LogP contribution is 2.32. The molecule has 0 unspecified atom stereocenters. The molecule has 0 aliphatic rings. The van der Waals surface area contributed by atoms with E-state index in [4.69, 9.17) is 5.73 Å². The number of benzene rings is 2. The number of hydrogen-bond donors (Lipinski definition) is 1. The highest BCUT2D eigenvalue weighted by molar-refractivity contribution is 5.79. The monoisotopic (exact) mass is 350 g/mol. The van der Waals surface area contributed by atoms with Crippen LogP contribution in [0.25, 0.3) is 0 Å². The number of halogens is 3. The topological polar surface area (TPSA) is 46.3 Å². The van der Waals surface area contributed by atoms with E-state index in [2.05, 4.69) is 0 Å². The van der Waals surface area contributed by atoms with Crippen LogP contribution in [0.4, 0.5) is 13.2 Å². The minimum atomic E-state index is -4.47. The van der Waals surface area contributed by atoms with Crippen LogP contribution < -0.4 is 5.73 Å². The van der Waals surface area contributed by atoms with Crippen LogP contribution in [0.2, 0.25) is 0 Å². The second-order valence-electron chi connectivity index (χ2n) is 5.77. The number of nitrogens with two attached hydrogens (primary N) is 1. The van der Waals surface area contributed by atoms with Gasteiger partial charge in [0.1, 0.15) is 0 Å². The van der Waals surface area contributed by atoms with Gasteiger partial charge in [0, 0.05) is 13.1 Å². The summed E-state index contributed by atoms with van der Waals surface area (Å²) in [7, 11) is 0. The Balaban J connectivity index is 2.17. The van der Waals surface area contributed by atoms with Crippen LogP contribution in [0.1, 0.15) is 23.1 Å². The molecule has 134 valence electrons. The molecule has 6 heteroatoms. The largest absolute Gasteiger partial charge is 0.416 e. The Morgan fingerprint density at radius 3 is 2.28 bits per heavy atom. The molecule has 0 heterocycles. The first-order valence-corrected chi connectivity index (χ1v) is 8.08. The number of carbonyl (C=O) groups excluding carboxylic acids is 1. The van der Waals surface area contributed by atoms with E-state index in [1.165, 1.54) is 18.2 Å². The molecular weight excluding hydrogens is 329 g/mol. The van der Waals surface area contributed by atoms with Crippen molar-refractivity contribution in [3.63, 3.8) is 0 Å². The quantitative estimate of drug-likeness (QED) is 0.829. The van der Waals surface area contributed by atoms with E-state index in [9.17, 15) is 18.0 Å². The minimum Gasteiger partial charge on any atom is -0.338 e. The van der Waals surface area contributed by atoms with Gasteiger partial charge in [-0.15, -0.1) is 0 Å². The fourth-order valence-electron chi connectivity index (χ4n) is 2.60. The van der Waals surface area contributed by atoms with Crippen molar-refractivity contribution in [3.05, 3.63) is 71.3 Å². The molecule has 2 rings (SSSR count). The molecule has 0 fully saturated rings. The van der Waals surface area contributed by atoms with Crippen molar-refractivity contribution < 1.29 is 18.0 Å². The molecule has 0 radical (unpaired) electrons. The van der Waals surface area contributed by atoms with Gasteiger partial charge < -0.3 is 10.6 Å². The molecule has 0 aliphatic heterocycles. The molecule has 0 saturated heterocycles. The maximum atomic E-state index is 13.1. The number of rotatable bonds is 7. The Kier molecular flexibility index (Phi) is 6.58. The lowest BCUT2D eigenvalue weighted by Gasteiger charge is -2.23. The Labute approximate surface area is 145 Å². The molecule has 3 nitrogen and oxygen atoms in total. The average molecular weight is 350 g/mol. The van der Waals surface area contributed by atoms with Crippen LogP contribution in [0.15, 0.2) is 54.6 Å². The molecule has 0 aromatic heterocycles. The third-order valence-corrected chi connectivity index (χ3v) is 3.87. The van der Waals surface area contributed by atoms with E-state index >= 15 is 0 Å². The van der Waals surface area contributed by atoms with E-state index in [-0.39, 0.29) is 17.9 Å². The Hall–Kier alpha value is -2.34. The van der Waals surface area contributed by atoms with Gasteiger partial charge in [-0.2, -0.15) is 13.2 Å². The first kappa shape index (κ1) is 19.0. The van der Waals surface area contributed by atoms with Gasteiger partial charge in [-0.3, -0.25) is 4.79 Å². The van der Waals surface area contributed by atoms with E-state index < -0.39 is 11.7 Å². The van der Waals surface area contributed by atoms with Crippen LogP contribution >= 0.6 is 0 Å². The molecule has 2 N–H and O–H groups in total. The standard InChI is InChI=1S/C19H21F3N2O/c20-19(21,22)17-10-5-4-9-16(17)13-18(25)24(12-6-11-23)14-15-7-2-1-3-8-15/h1-5,7-10H,6,11-14,23H2. The molecule has 0 aliphatic carbocycles. The highest BCUT2D eigenvalue weighted by Gasteiger charge is 2.33. The summed E-state index contributed by atoms with van der Waals surface area (Å²) in [5.74, 6) is -0.339. The fourth-order valence-corrected chi connectivity index (χ4v) is 2.60. The first-order chi connectivity index (χ1) is 11.9. The number of nitrogens with zero attached hydrogens (tertiary/aromatic N) is 1. The van der Waals surface area contributed by atoms with Gasteiger partial charge in [0.05, 0.1) is 12.0 Å². The summed E-state index contributed by atoms with van der Waals surface area (Å²) in [6.45, 7) is 1.18. The summed E-state index contributed by atoms with van der Waals surface area (Å²) in [5, 5.41) is 0. The second-order valence-corrected chi connectivity index (χ2v) is 5.77. The maximum absolute atomic E-state index is 13.1. The van der Waals surface area contributed by atoms with Crippen molar-refractivity contribution >= 4 is 5.91 Å². The highest BCUT2D eigenvalue weighted by atomic mass is 19.4. The van der Waals surface area contributed by atoms with Crippen molar-refractivity contribution in [2.45, 2.75) is 25.6 Å². The molecule has 0 spiro atoms. The predicted molar refractivity (Wildman–Crippen MR) is 90.7 cm³/mol.